The van der Waals surface area contributed by atoms with Crippen molar-refractivity contribution in [3.05, 3.63) is 43.8 Å². The molecule has 2 heterocycles. The Morgan fingerprint density at radius 1 is 1.37 bits per heavy atom. The van der Waals surface area contributed by atoms with Crippen LogP contribution in [0.2, 0.25) is 0 Å². The smallest absolute Gasteiger partial charge is 0.0418 e. The normalized spacial score (nSPS) is 15.6. The lowest BCUT2D eigenvalue weighted by atomic mass is 10.1. The van der Waals surface area contributed by atoms with Crippen molar-refractivity contribution in [3.8, 4) is 0 Å². The van der Waals surface area contributed by atoms with Crippen LogP contribution in [0, 0.1) is 0 Å². The molecule has 1 nitrogen and oxygen atoms in total. The van der Waals surface area contributed by atoms with Gasteiger partial charge < -0.3 is 5.32 Å². The van der Waals surface area contributed by atoms with E-state index in [-0.39, 0.29) is 0 Å². The Kier molecular flexibility index (Phi) is 4.36. The molecule has 1 atom stereocenters. The molecule has 1 unspecified atom stereocenters. The largest absolute Gasteiger partial charge is 0.310 e. The topological polar surface area (TPSA) is 12.0 Å². The van der Waals surface area contributed by atoms with Crippen molar-refractivity contribution in [1.82, 2.24) is 5.32 Å². The van der Waals surface area contributed by atoms with Gasteiger partial charge in [-0.25, -0.2) is 0 Å². The predicted octanol–water partition coefficient (Wildman–Crippen LogP) is 4.58. The molecule has 0 aromatic carbocycles. The Morgan fingerprint density at radius 2 is 2.32 bits per heavy atom. The highest BCUT2D eigenvalue weighted by molar-refractivity contribution is 7.12. The molecule has 0 amide bonds. The summed E-state index contributed by atoms with van der Waals surface area (Å²) in [6.07, 6.45) is 6.38. The van der Waals surface area contributed by atoms with Crippen LogP contribution in [0.1, 0.15) is 46.0 Å². The fourth-order valence-electron chi connectivity index (χ4n) is 2.86. The quantitative estimate of drug-likeness (QED) is 0.821. The van der Waals surface area contributed by atoms with Crippen LogP contribution in [-0.4, -0.2) is 6.54 Å². The molecule has 0 fully saturated rings. The van der Waals surface area contributed by atoms with E-state index in [1.165, 1.54) is 37.0 Å². The van der Waals surface area contributed by atoms with Crippen LogP contribution < -0.4 is 5.32 Å². The number of aryl methyl sites for hydroxylation is 3. The van der Waals surface area contributed by atoms with E-state index >= 15 is 0 Å². The molecular formula is C16H21NS2. The van der Waals surface area contributed by atoms with Gasteiger partial charge in [0.15, 0.2) is 0 Å². The zero-order valence-electron chi connectivity index (χ0n) is 11.4. The van der Waals surface area contributed by atoms with Crippen LogP contribution in [0.3, 0.4) is 0 Å². The van der Waals surface area contributed by atoms with Crippen molar-refractivity contribution >= 4 is 22.7 Å². The summed E-state index contributed by atoms with van der Waals surface area (Å²) in [4.78, 5) is 4.71. The van der Waals surface area contributed by atoms with Crippen molar-refractivity contribution < 1.29 is 0 Å². The number of hydrogen-bond donors (Lipinski definition) is 1. The number of thiophene rings is 2. The molecule has 3 heteroatoms. The van der Waals surface area contributed by atoms with Crippen molar-refractivity contribution in [2.75, 3.05) is 6.54 Å². The summed E-state index contributed by atoms with van der Waals surface area (Å²) in [7, 11) is 0. The van der Waals surface area contributed by atoms with E-state index < -0.39 is 0 Å². The zero-order chi connectivity index (χ0) is 13.1. The van der Waals surface area contributed by atoms with Gasteiger partial charge in [0.05, 0.1) is 0 Å². The molecule has 3 rings (SSSR count). The minimum atomic E-state index is 0.544. The molecular weight excluding hydrogens is 270 g/mol. The number of nitrogens with one attached hydrogen (secondary N) is 1. The Hall–Kier alpha value is -0.640. The van der Waals surface area contributed by atoms with Crippen LogP contribution in [0.15, 0.2) is 23.6 Å². The third kappa shape index (κ3) is 3.10. The average molecular weight is 291 g/mol. The summed E-state index contributed by atoms with van der Waals surface area (Å²) in [6, 6.07) is 7.42. The molecule has 102 valence electrons. The van der Waals surface area contributed by atoms with Gasteiger partial charge in [-0.1, -0.05) is 13.0 Å². The van der Waals surface area contributed by atoms with E-state index in [2.05, 4.69) is 35.8 Å². The second kappa shape index (κ2) is 6.21. The van der Waals surface area contributed by atoms with E-state index in [0.717, 1.165) is 6.54 Å². The van der Waals surface area contributed by atoms with Gasteiger partial charge in [-0.05, 0) is 61.7 Å². The maximum Gasteiger partial charge on any atom is 0.0418 e. The number of rotatable bonds is 6. The Balaban J connectivity index is 1.68. The van der Waals surface area contributed by atoms with E-state index in [0.29, 0.717) is 6.04 Å². The molecule has 0 saturated heterocycles. The predicted molar refractivity (Wildman–Crippen MR) is 85.4 cm³/mol. The van der Waals surface area contributed by atoms with Gasteiger partial charge in [0.25, 0.3) is 0 Å². The van der Waals surface area contributed by atoms with E-state index in [1.807, 2.05) is 22.7 Å². The minimum absolute atomic E-state index is 0.544. The van der Waals surface area contributed by atoms with Crippen LogP contribution in [-0.2, 0) is 19.3 Å². The fourth-order valence-corrected chi connectivity index (χ4v) is 4.95. The Bertz CT molecular complexity index is 491. The summed E-state index contributed by atoms with van der Waals surface area (Å²) in [5.74, 6) is 0. The molecule has 19 heavy (non-hydrogen) atoms. The molecule has 0 saturated carbocycles. The van der Waals surface area contributed by atoms with Crippen molar-refractivity contribution in [2.24, 2.45) is 0 Å². The maximum atomic E-state index is 3.67. The van der Waals surface area contributed by atoms with Crippen molar-refractivity contribution in [3.63, 3.8) is 0 Å². The molecule has 0 spiro atoms. The first-order valence-corrected chi connectivity index (χ1v) is 8.93. The Morgan fingerprint density at radius 3 is 3.05 bits per heavy atom. The van der Waals surface area contributed by atoms with Crippen LogP contribution in [0.25, 0.3) is 0 Å². The lowest BCUT2D eigenvalue weighted by Gasteiger charge is -2.16. The zero-order valence-corrected chi connectivity index (χ0v) is 13.1. The number of hydrogen-bond acceptors (Lipinski definition) is 3. The molecule has 0 radical (unpaired) electrons. The van der Waals surface area contributed by atoms with E-state index in [9.17, 15) is 0 Å². The molecule has 0 bridgehead atoms. The van der Waals surface area contributed by atoms with Gasteiger partial charge in [0.2, 0.25) is 0 Å². The van der Waals surface area contributed by atoms with Crippen LogP contribution in [0.5, 0.6) is 0 Å². The van der Waals surface area contributed by atoms with Gasteiger partial charge in [-0.3, -0.25) is 0 Å². The fraction of sp³-hybridized carbons (Fsp3) is 0.500. The maximum absolute atomic E-state index is 3.67. The van der Waals surface area contributed by atoms with E-state index in [1.54, 1.807) is 15.3 Å². The Labute approximate surface area is 123 Å². The molecule has 2 aromatic rings. The van der Waals surface area contributed by atoms with Gasteiger partial charge >= 0.3 is 0 Å². The second-order valence-electron chi connectivity index (χ2n) is 5.18. The lowest BCUT2D eigenvalue weighted by Crippen LogP contribution is -2.20. The summed E-state index contributed by atoms with van der Waals surface area (Å²) in [5, 5.41) is 5.84. The van der Waals surface area contributed by atoms with E-state index in [4.69, 9.17) is 0 Å². The van der Waals surface area contributed by atoms with Crippen LogP contribution in [0.4, 0.5) is 0 Å². The summed E-state index contributed by atoms with van der Waals surface area (Å²) in [6.45, 7) is 3.26. The third-order valence-electron chi connectivity index (χ3n) is 3.82. The van der Waals surface area contributed by atoms with Gasteiger partial charge in [-0.2, -0.15) is 0 Å². The molecule has 1 aliphatic rings. The average Bonchev–Trinajstić information content (AvgIpc) is 3.09. The first kappa shape index (κ1) is 13.3. The summed E-state index contributed by atoms with van der Waals surface area (Å²) in [5.41, 5.74) is 1.62. The monoisotopic (exact) mass is 291 g/mol. The van der Waals surface area contributed by atoms with Gasteiger partial charge in [0, 0.05) is 20.7 Å². The lowest BCUT2D eigenvalue weighted by molar-refractivity contribution is 0.524. The highest BCUT2D eigenvalue weighted by atomic mass is 32.1. The first-order valence-electron chi connectivity index (χ1n) is 7.24. The first-order chi connectivity index (χ1) is 9.36. The highest BCUT2D eigenvalue weighted by Gasteiger charge is 2.19. The van der Waals surface area contributed by atoms with Crippen molar-refractivity contribution in [2.45, 2.75) is 45.1 Å². The summed E-state index contributed by atoms with van der Waals surface area (Å²) >= 11 is 3.93. The van der Waals surface area contributed by atoms with Crippen molar-refractivity contribution in [1.29, 1.82) is 0 Å². The molecule has 2 aromatic heterocycles. The minimum Gasteiger partial charge on any atom is -0.310 e. The number of fused-ring (bicyclic) bond motifs is 1. The molecule has 1 aliphatic carbocycles. The standard InChI is InChI=1S/C16H21NS2/c1-2-17-14(9-8-13-6-4-10-18-13)16-11-12-5-3-7-15(12)19-16/h4,6,10-11,14,17H,2-3,5,7-9H2,1H3. The van der Waals surface area contributed by atoms with Gasteiger partial charge in [0.1, 0.15) is 0 Å². The highest BCUT2D eigenvalue weighted by Crippen LogP contribution is 2.35. The van der Waals surface area contributed by atoms with Crippen LogP contribution >= 0.6 is 22.7 Å². The summed E-state index contributed by atoms with van der Waals surface area (Å²) < 4.78 is 0. The molecule has 0 aliphatic heterocycles. The van der Waals surface area contributed by atoms with Gasteiger partial charge in [-0.15, -0.1) is 22.7 Å². The second-order valence-corrected chi connectivity index (χ2v) is 7.38. The SMILES string of the molecule is CCNC(CCc1cccs1)c1cc2c(s1)CCC2. The molecule has 1 N–H and O–H groups in total. The third-order valence-corrected chi connectivity index (χ3v) is 6.11.